The summed E-state index contributed by atoms with van der Waals surface area (Å²) < 4.78 is 5.84. The maximum Gasteiger partial charge on any atom is 0.307 e. The van der Waals surface area contributed by atoms with Crippen LogP contribution in [0, 0.1) is 10.1 Å². The molecule has 1 aromatic heterocycles. The van der Waals surface area contributed by atoms with Gasteiger partial charge in [0.15, 0.2) is 0 Å². The number of para-hydroxylation sites is 1. The summed E-state index contributed by atoms with van der Waals surface area (Å²) in [6.45, 7) is 0. The largest absolute Gasteiger partial charge is 0.481 e. The van der Waals surface area contributed by atoms with Gasteiger partial charge in [0.05, 0.1) is 15.8 Å². The number of pyridine rings is 1. The fraction of sp³-hybridized carbons (Fsp3) is 0.0769. The second kappa shape index (κ2) is 6.31. The highest BCUT2D eigenvalue weighted by atomic mass is 79.9. The van der Waals surface area contributed by atoms with Crippen LogP contribution in [-0.4, -0.2) is 21.0 Å². The van der Waals surface area contributed by atoms with Gasteiger partial charge >= 0.3 is 5.97 Å². The van der Waals surface area contributed by atoms with Crippen LogP contribution >= 0.6 is 15.9 Å². The van der Waals surface area contributed by atoms with Crippen molar-refractivity contribution in [2.45, 2.75) is 6.42 Å². The van der Waals surface area contributed by atoms with Crippen molar-refractivity contribution in [3.8, 4) is 11.6 Å². The zero-order valence-electron chi connectivity index (χ0n) is 10.5. The Morgan fingerprint density at radius 3 is 2.76 bits per heavy atom. The van der Waals surface area contributed by atoms with E-state index >= 15 is 0 Å². The molecule has 1 heterocycles. The number of hydrogen-bond acceptors (Lipinski definition) is 5. The fourth-order valence-electron chi connectivity index (χ4n) is 1.61. The number of halogens is 1. The quantitative estimate of drug-likeness (QED) is 0.654. The minimum atomic E-state index is -0.984. The molecule has 7 nitrogen and oxygen atoms in total. The highest BCUT2D eigenvalue weighted by Gasteiger charge is 2.14. The van der Waals surface area contributed by atoms with E-state index in [0.717, 1.165) is 6.20 Å². The minimum absolute atomic E-state index is 0.124. The van der Waals surface area contributed by atoms with Gasteiger partial charge in [-0.25, -0.2) is 4.98 Å². The van der Waals surface area contributed by atoms with Crippen molar-refractivity contribution < 1.29 is 19.6 Å². The van der Waals surface area contributed by atoms with Crippen LogP contribution in [0.5, 0.6) is 11.6 Å². The molecule has 0 aliphatic heterocycles. The van der Waals surface area contributed by atoms with E-state index in [-0.39, 0.29) is 18.0 Å². The lowest BCUT2D eigenvalue weighted by molar-refractivity contribution is -0.385. The number of aromatic nitrogens is 1. The van der Waals surface area contributed by atoms with Crippen LogP contribution in [0.4, 0.5) is 5.69 Å². The molecule has 0 bridgehead atoms. The molecule has 0 aliphatic rings. The number of nitro groups is 1. The first kappa shape index (κ1) is 14.9. The molecule has 21 heavy (non-hydrogen) atoms. The van der Waals surface area contributed by atoms with Crippen LogP contribution in [0.25, 0.3) is 0 Å². The molecule has 0 saturated carbocycles. The van der Waals surface area contributed by atoms with Crippen LogP contribution in [-0.2, 0) is 11.2 Å². The smallest absolute Gasteiger partial charge is 0.307 e. The number of carbonyl (C=O) groups is 1. The van der Waals surface area contributed by atoms with E-state index < -0.39 is 10.9 Å². The number of ether oxygens (including phenoxy) is 1. The third-order valence-electron chi connectivity index (χ3n) is 2.52. The van der Waals surface area contributed by atoms with Crippen LogP contribution in [0.3, 0.4) is 0 Å². The predicted molar refractivity (Wildman–Crippen MR) is 76.4 cm³/mol. The van der Waals surface area contributed by atoms with Crippen molar-refractivity contribution in [2.24, 2.45) is 0 Å². The molecule has 8 heteroatoms. The number of rotatable bonds is 5. The van der Waals surface area contributed by atoms with Crippen LogP contribution in [0.1, 0.15) is 5.56 Å². The Kier molecular flexibility index (Phi) is 4.49. The van der Waals surface area contributed by atoms with Crippen molar-refractivity contribution in [1.29, 1.82) is 0 Å². The Balaban J connectivity index is 2.30. The molecule has 0 aliphatic carbocycles. The maximum atomic E-state index is 10.8. The first-order valence-electron chi connectivity index (χ1n) is 5.75. The van der Waals surface area contributed by atoms with E-state index in [1.165, 1.54) is 6.07 Å². The van der Waals surface area contributed by atoms with Gasteiger partial charge in [-0.2, -0.15) is 0 Å². The van der Waals surface area contributed by atoms with Gasteiger partial charge < -0.3 is 9.84 Å². The number of carboxylic acids is 1. The maximum absolute atomic E-state index is 10.8. The molecule has 1 N–H and O–H groups in total. The summed E-state index contributed by atoms with van der Waals surface area (Å²) in [4.78, 5) is 24.7. The summed E-state index contributed by atoms with van der Waals surface area (Å²) in [7, 11) is 0. The Bertz CT molecular complexity index is 705. The molecule has 108 valence electrons. The first-order chi connectivity index (χ1) is 9.97. The first-order valence-corrected chi connectivity index (χ1v) is 6.54. The molecular formula is C13H9BrN2O5. The Morgan fingerprint density at radius 1 is 1.43 bits per heavy atom. The Labute approximate surface area is 127 Å². The summed E-state index contributed by atoms with van der Waals surface area (Å²) in [5, 5.41) is 19.5. The SMILES string of the molecule is O=C(O)Cc1ccccc1Oc1ncc([N+](=O)[O-])cc1Br. The molecular weight excluding hydrogens is 344 g/mol. The number of nitrogens with zero attached hydrogens (tertiary/aromatic N) is 2. The molecule has 2 rings (SSSR count). The molecule has 0 fully saturated rings. The normalized spacial score (nSPS) is 10.1. The summed E-state index contributed by atoms with van der Waals surface area (Å²) in [5.41, 5.74) is 0.310. The van der Waals surface area contributed by atoms with Crippen molar-refractivity contribution >= 4 is 27.6 Å². The van der Waals surface area contributed by atoms with Gasteiger partial charge in [0.2, 0.25) is 5.88 Å². The average Bonchev–Trinajstić information content (AvgIpc) is 2.42. The molecule has 1 aromatic carbocycles. The molecule has 0 unspecified atom stereocenters. The monoisotopic (exact) mass is 352 g/mol. The van der Waals surface area contributed by atoms with Gasteiger partial charge in [-0.05, 0) is 22.0 Å². The Hall–Kier alpha value is -2.48. The van der Waals surface area contributed by atoms with E-state index in [2.05, 4.69) is 20.9 Å². The molecule has 0 amide bonds. The zero-order valence-corrected chi connectivity index (χ0v) is 12.1. The lowest BCUT2D eigenvalue weighted by Gasteiger charge is -2.10. The van der Waals surface area contributed by atoms with Gasteiger partial charge in [-0.1, -0.05) is 18.2 Å². The number of aliphatic carboxylic acids is 1. The van der Waals surface area contributed by atoms with Gasteiger partial charge in [0.25, 0.3) is 5.69 Å². The molecule has 2 aromatic rings. The number of hydrogen-bond donors (Lipinski definition) is 1. The van der Waals surface area contributed by atoms with Crippen molar-refractivity contribution in [3.05, 3.63) is 56.7 Å². The predicted octanol–water partition coefficient (Wildman–Crippen LogP) is 3.17. The van der Waals surface area contributed by atoms with E-state index in [0.29, 0.717) is 15.8 Å². The topological polar surface area (TPSA) is 103 Å². The molecule has 0 spiro atoms. The van der Waals surface area contributed by atoms with Gasteiger partial charge in [-0.3, -0.25) is 14.9 Å². The zero-order chi connectivity index (χ0) is 15.4. The van der Waals surface area contributed by atoms with Gasteiger partial charge in [0.1, 0.15) is 11.9 Å². The third kappa shape index (κ3) is 3.76. The second-order valence-electron chi connectivity index (χ2n) is 4.02. The summed E-state index contributed by atoms with van der Waals surface area (Å²) in [6.07, 6.45) is 0.876. The number of carboxylic acid groups (broad SMARTS) is 1. The van der Waals surface area contributed by atoms with Crippen LogP contribution < -0.4 is 4.74 Å². The fourth-order valence-corrected chi connectivity index (χ4v) is 2.02. The lowest BCUT2D eigenvalue weighted by Crippen LogP contribution is -2.02. The van der Waals surface area contributed by atoms with E-state index in [4.69, 9.17) is 9.84 Å². The molecule has 0 atom stereocenters. The summed E-state index contributed by atoms with van der Waals surface area (Å²) in [6, 6.07) is 7.89. The van der Waals surface area contributed by atoms with Crippen molar-refractivity contribution in [1.82, 2.24) is 4.98 Å². The highest BCUT2D eigenvalue weighted by molar-refractivity contribution is 9.10. The molecule has 0 saturated heterocycles. The third-order valence-corrected chi connectivity index (χ3v) is 3.09. The van der Waals surface area contributed by atoms with Gasteiger partial charge in [0, 0.05) is 11.6 Å². The van der Waals surface area contributed by atoms with Crippen molar-refractivity contribution in [3.63, 3.8) is 0 Å². The number of benzene rings is 1. The lowest BCUT2D eigenvalue weighted by atomic mass is 10.1. The van der Waals surface area contributed by atoms with Crippen LogP contribution in [0.15, 0.2) is 41.0 Å². The standard InChI is InChI=1S/C13H9BrN2O5/c14-10-6-9(16(19)20)7-15-13(10)21-11-4-2-1-3-8(11)5-12(17)18/h1-4,6-7H,5H2,(H,17,18). The second-order valence-corrected chi connectivity index (χ2v) is 4.87. The van der Waals surface area contributed by atoms with Crippen LogP contribution in [0.2, 0.25) is 0 Å². The van der Waals surface area contributed by atoms with E-state index in [1.807, 2.05) is 0 Å². The average molecular weight is 353 g/mol. The van der Waals surface area contributed by atoms with Crippen molar-refractivity contribution in [2.75, 3.05) is 0 Å². The summed E-state index contributed by atoms with van der Waals surface area (Å²) >= 11 is 3.14. The summed E-state index contributed by atoms with van der Waals surface area (Å²) in [5.74, 6) is -0.526. The Morgan fingerprint density at radius 2 is 2.14 bits per heavy atom. The van der Waals surface area contributed by atoms with Gasteiger partial charge in [-0.15, -0.1) is 0 Å². The van der Waals surface area contributed by atoms with E-state index in [1.54, 1.807) is 24.3 Å². The highest BCUT2D eigenvalue weighted by Crippen LogP contribution is 2.31. The minimum Gasteiger partial charge on any atom is -0.481 e. The molecule has 0 radical (unpaired) electrons. The van der Waals surface area contributed by atoms with E-state index in [9.17, 15) is 14.9 Å².